The number of aromatic nitrogens is 1. The Labute approximate surface area is 174 Å². The number of benzene rings is 2. The Kier molecular flexibility index (Phi) is 6.11. The molecule has 0 aliphatic carbocycles. The lowest BCUT2D eigenvalue weighted by Gasteiger charge is -2.11. The Morgan fingerprint density at radius 3 is 2.53 bits per heavy atom. The van der Waals surface area contributed by atoms with Gasteiger partial charge in [0.2, 0.25) is 0 Å². The molecule has 30 heavy (non-hydrogen) atoms. The van der Waals surface area contributed by atoms with E-state index in [9.17, 15) is 14.4 Å². The standard InChI is InChI=1S/C23H23N3O4/c1-13-8-9-20-17(10-13)11-18(16(4)24-20)22(28)30-12-21(27)26-23(29)25-19-7-5-6-14(2)15(19)3/h5-11H,12H2,1-4H3,(H2,25,26,27,29). The maximum absolute atomic E-state index is 12.4. The Morgan fingerprint density at radius 1 is 1.00 bits per heavy atom. The largest absolute Gasteiger partial charge is 0.452 e. The quantitative estimate of drug-likeness (QED) is 0.640. The van der Waals surface area contributed by atoms with E-state index in [4.69, 9.17) is 4.74 Å². The van der Waals surface area contributed by atoms with Gasteiger partial charge in [-0.15, -0.1) is 0 Å². The lowest BCUT2D eigenvalue weighted by molar-refractivity contribution is -0.123. The molecule has 7 heteroatoms. The number of imide groups is 1. The van der Waals surface area contributed by atoms with E-state index in [0.717, 1.165) is 27.6 Å². The van der Waals surface area contributed by atoms with E-state index in [1.807, 2.05) is 51.1 Å². The molecule has 0 saturated carbocycles. The number of fused-ring (bicyclic) bond motifs is 1. The molecule has 154 valence electrons. The van der Waals surface area contributed by atoms with E-state index in [2.05, 4.69) is 15.6 Å². The summed E-state index contributed by atoms with van der Waals surface area (Å²) in [6.45, 7) is 6.87. The molecule has 0 spiro atoms. The minimum Gasteiger partial charge on any atom is -0.452 e. The Bertz CT molecular complexity index is 1150. The summed E-state index contributed by atoms with van der Waals surface area (Å²) in [6.07, 6.45) is 0. The van der Waals surface area contributed by atoms with Crippen molar-refractivity contribution in [2.45, 2.75) is 27.7 Å². The molecule has 0 radical (unpaired) electrons. The van der Waals surface area contributed by atoms with Crippen LogP contribution >= 0.6 is 0 Å². The highest BCUT2D eigenvalue weighted by atomic mass is 16.5. The van der Waals surface area contributed by atoms with Gasteiger partial charge in [-0.3, -0.25) is 15.1 Å². The van der Waals surface area contributed by atoms with Crippen molar-refractivity contribution in [3.63, 3.8) is 0 Å². The number of amides is 3. The fourth-order valence-corrected chi connectivity index (χ4v) is 3.01. The SMILES string of the molecule is Cc1ccc2nc(C)c(C(=O)OCC(=O)NC(=O)Nc3cccc(C)c3C)cc2c1. The third kappa shape index (κ3) is 4.81. The number of ether oxygens (including phenoxy) is 1. The number of nitrogens with one attached hydrogen (secondary N) is 2. The Morgan fingerprint density at radius 2 is 1.77 bits per heavy atom. The van der Waals surface area contributed by atoms with E-state index >= 15 is 0 Å². The van der Waals surface area contributed by atoms with Gasteiger partial charge in [-0.2, -0.15) is 0 Å². The molecule has 3 amide bonds. The molecule has 1 heterocycles. The van der Waals surface area contributed by atoms with Crippen LogP contribution in [0.4, 0.5) is 10.5 Å². The van der Waals surface area contributed by atoms with Gasteiger partial charge in [-0.25, -0.2) is 9.59 Å². The highest BCUT2D eigenvalue weighted by molar-refractivity contribution is 6.03. The number of carbonyl (C=O) groups excluding carboxylic acids is 3. The maximum Gasteiger partial charge on any atom is 0.340 e. The van der Waals surface area contributed by atoms with Crippen molar-refractivity contribution in [1.82, 2.24) is 10.3 Å². The predicted octanol–water partition coefficient (Wildman–Crippen LogP) is 3.97. The number of pyridine rings is 1. The van der Waals surface area contributed by atoms with Gasteiger partial charge in [0.25, 0.3) is 5.91 Å². The molecule has 0 unspecified atom stereocenters. The van der Waals surface area contributed by atoms with Crippen molar-refractivity contribution in [3.05, 3.63) is 70.4 Å². The number of hydrogen-bond acceptors (Lipinski definition) is 5. The molecule has 2 aromatic carbocycles. The average molecular weight is 405 g/mol. The van der Waals surface area contributed by atoms with Crippen molar-refractivity contribution in [2.75, 3.05) is 11.9 Å². The van der Waals surface area contributed by atoms with Gasteiger partial charge in [0.05, 0.1) is 16.8 Å². The number of rotatable bonds is 4. The number of carbonyl (C=O) groups is 3. The van der Waals surface area contributed by atoms with Gasteiger partial charge < -0.3 is 10.1 Å². The number of anilines is 1. The molecular formula is C23H23N3O4. The van der Waals surface area contributed by atoms with Gasteiger partial charge in [0, 0.05) is 11.1 Å². The summed E-state index contributed by atoms with van der Waals surface area (Å²) in [5.41, 5.74) is 5.12. The zero-order chi connectivity index (χ0) is 21.8. The number of aryl methyl sites for hydroxylation is 3. The Hall–Kier alpha value is -3.74. The molecule has 0 aliphatic heterocycles. The summed E-state index contributed by atoms with van der Waals surface area (Å²) in [7, 11) is 0. The predicted molar refractivity (Wildman–Crippen MR) is 115 cm³/mol. The molecule has 0 bridgehead atoms. The third-order valence-electron chi connectivity index (χ3n) is 4.82. The molecule has 1 aromatic heterocycles. The molecule has 2 N–H and O–H groups in total. The highest BCUT2D eigenvalue weighted by Gasteiger charge is 2.16. The zero-order valence-corrected chi connectivity index (χ0v) is 17.3. The highest BCUT2D eigenvalue weighted by Crippen LogP contribution is 2.19. The van der Waals surface area contributed by atoms with Gasteiger partial charge in [0.1, 0.15) is 0 Å². The van der Waals surface area contributed by atoms with Crippen molar-refractivity contribution in [2.24, 2.45) is 0 Å². The normalized spacial score (nSPS) is 10.5. The molecule has 0 aliphatic rings. The number of urea groups is 1. The zero-order valence-electron chi connectivity index (χ0n) is 17.3. The fourth-order valence-electron chi connectivity index (χ4n) is 3.01. The van der Waals surface area contributed by atoms with Gasteiger partial charge in [-0.05, 0) is 63.1 Å². The van der Waals surface area contributed by atoms with Crippen LogP contribution in [0.5, 0.6) is 0 Å². The molecule has 0 fully saturated rings. The van der Waals surface area contributed by atoms with E-state index in [0.29, 0.717) is 11.4 Å². The van der Waals surface area contributed by atoms with Crippen LogP contribution < -0.4 is 10.6 Å². The molecule has 3 aromatic rings. The minimum atomic E-state index is -0.728. The molecule has 7 nitrogen and oxygen atoms in total. The summed E-state index contributed by atoms with van der Waals surface area (Å²) >= 11 is 0. The lowest BCUT2D eigenvalue weighted by Crippen LogP contribution is -2.37. The molecule has 0 saturated heterocycles. The monoisotopic (exact) mass is 405 g/mol. The van der Waals surface area contributed by atoms with Crippen LogP contribution in [0.3, 0.4) is 0 Å². The minimum absolute atomic E-state index is 0.278. The first-order valence-corrected chi connectivity index (χ1v) is 9.47. The van der Waals surface area contributed by atoms with Crippen molar-refractivity contribution in [3.8, 4) is 0 Å². The van der Waals surface area contributed by atoms with Crippen molar-refractivity contribution < 1.29 is 19.1 Å². The Balaban J connectivity index is 1.59. The van der Waals surface area contributed by atoms with Gasteiger partial charge in [0.15, 0.2) is 6.61 Å². The lowest BCUT2D eigenvalue weighted by atomic mass is 10.1. The van der Waals surface area contributed by atoms with Crippen LogP contribution in [0.1, 0.15) is 32.7 Å². The molecule has 3 rings (SSSR count). The summed E-state index contributed by atoms with van der Waals surface area (Å²) in [5.74, 6) is -1.40. The summed E-state index contributed by atoms with van der Waals surface area (Å²) < 4.78 is 5.07. The first kappa shape index (κ1) is 21.0. The first-order chi connectivity index (χ1) is 14.2. The second-order valence-corrected chi connectivity index (χ2v) is 7.14. The van der Waals surface area contributed by atoms with E-state index in [1.165, 1.54) is 0 Å². The number of hydrogen-bond donors (Lipinski definition) is 2. The van der Waals surface area contributed by atoms with Crippen LogP contribution in [0.2, 0.25) is 0 Å². The van der Waals surface area contributed by atoms with E-state index in [-0.39, 0.29) is 5.56 Å². The summed E-state index contributed by atoms with van der Waals surface area (Å²) in [4.78, 5) is 40.9. The number of esters is 1. The summed E-state index contributed by atoms with van der Waals surface area (Å²) in [6, 6.07) is 12.2. The fraction of sp³-hybridized carbons (Fsp3) is 0.217. The van der Waals surface area contributed by atoms with E-state index < -0.39 is 24.5 Å². The van der Waals surface area contributed by atoms with Crippen molar-refractivity contribution in [1.29, 1.82) is 0 Å². The topological polar surface area (TPSA) is 97.4 Å². The van der Waals surface area contributed by atoms with Gasteiger partial charge >= 0.3 is 12.0 Å². The maximum atomic E-state index is 12.4. The van der Waals surface area contributed by atoms with Crippen LogP contribution in [0.15, 0.2) is 42.5 Å². The van der Waals surface area contributed by atoms with Crippen LogP contribution in [0, 0.1) is 27.7 Å². The van der Waals surface area contributed by atoms with Crippen molar-refractivity contribution >= 4 is 34.5 Å². The molecular weight excluding hydrogens is 382 g/mol. The third-order valence-corrected chi connectivity index (χ3v) is 4.82. The smallest absolute Gasteiger partial charge is 0.340 e. The molecule has 0 atom stereocenters. The van der Waals surface area contributed by atoms with Crippen LogP contribution in [0.25, 0.3) is 10.9 Å². The van der Waals surface area contributed by atoms with Crippen LogP contribution in [-0.4, -0.2) is 29.5 Å². The average Bonchev–Trinajstić information content (AvgIpc) is 2.69. The van der Waals surface area contributed by atoms with Crippen LogP contribution in [-0.2, 0) is 9.53 Å². The second kappa shape index (κ2) is 8.73. The van der Waals surface area contributed by atoms with Gasteiger partial charge in [-0.1, -0.05) is 23.8 Å². The summed E-state index contributed by atoms with van der Waals surface area (Å²) in [5, 5.41) is 5.58. The second-order valence-electron chi connectivity index (χ2n) is 7.14. The first-order valence-electron chi connectivity index (χ1n) is 9.47. The number of nitrogens with zero attached hydrogens (tertiary/aromatic N) is 1. The van der Waals surface area contributed by atoms with E-state index in [1.54, 1.807) is 19.1 Å².